The molecule has 2 nitrogen and oxygen atoms in total. The van der Waals surface area contributed by atoms with Crippen molar-refractivity contribution in [2.24, 2.45) is 5.73 Å². The van der Waals surface area contributed by atoms with Crippen LogP contribution in [0, 0.1) is 0 Å². The maximum Gasteiger partial charge on any atom is 0.119 e. The highest BCUT2D eigenvalue weighted by Gasteiger charge is 2.09. The van der Waals surface area contributed by atoms with Gasteiger partial charge >= 0.3 is 0 Å². The van der Waals surface area contributed by atoms with Gasteiger partial charge in [0, 0.05) is 4.88 Å². The lowest BCUT2D eigenvalue weighted by atomic mass is 10.1. The Kier molecular flexibility index (Phi) is 3.04. The molecule has 1 atom stereocenters. The van der Waals surface area contributed by atoms with Gasteiger partial charge in [-0.2, -0.15) is 0 Å². The highest BCUT2D eigenvalue weighted by Crippen LogP contribution is 2.25. The van der Waals surface area contributed by atoms with Gasteiger partial charge in [-0.05, 0) is 29.1 Å². The molecule has 0 saturated heterocycles. The number of ether oxygens (including phenoxy) is 1. The second kappa shape index (κ2) is 4.47. The van der Waals surface area contributed by atoms with Gasteiger partial charge in [0.2, 0.25) is 0 Å². The maximum absolute atomic E-state index is 6.14. The van der Waals surface area contributed by atoms with Crippen LogP contribution in [0.2, 0.25) is 0 Å². The summed E-state index contributed by atoms with van der Waals surface area (Å²) in [6.45, 7) is 0. The molecular formula is C12H13NOS. The van der Waals surface area contributed by atoms with Crippen molar-refractivity contribution in [2.75, 3.05) is 7.11 Å². The average molecular weight is 219 g/mol. The first kappa shape index (κ1) is 10.2. The Balaban J connectivity index is 2.29. The number of hydrogen-bond acceptors (Lipinski definition) is 3. The van der Waals surface area contributed by atoms with E-state index in [1.165, 1.54) is 4.88 Å². The number of nitrogens with two attached hydrogens (primary N) is 1. The van der Waals surface area contributed by atoms with Crippen LogP contribution >= 0.6 is 11.3 Å². The van der Waals surface area contributed by atoms with Crippen molar-refractivity contribution >= 4 is 11.3 Å². The number of rotatable bonds is 3. The summed E-state index contributed by atoms with van der Waals surface area (Å²) in [5.41, 5.74) is 7.22. The molecule has 0 saturated carbocycles. The van der Waals surface area contributed by atoms with E-state index < -0.39 is 0 Å². The van der Waals surface area contributed by atoms with Crippen LogP contribution in [0.3, 0.4) is 0 Å². The van der Waals surface area contributed by atoms with E-state index in [1.807, 2.05) is 35.7 Å². The fraction of sp³-hybridized carbons (Fsp3) is 0.167. The molecular weight excluding hydrogens is 206 g/mol. The predicted octanol–water partition coefficient (Wildman–Crippen LogP) is 2.80. The van der Waals surface area contributed by atoms with Gasteiger partial charge in [-0.1, -0.05) is 18.2 Å². The summed E-state index contributed by atoms with van der Waals surface area (Å²) < 4.78 is 5.17. The largest absolute Gasteiger partial charge is 0.497 e. The number of benzene rings is 1. The summed E-state index contributed by atoms with van der Waals surface area (Å²) in [5, 5.41) is 2.04. The van der Waals surface area contributed by atoms with Gasteiger partial charge in [-0.25, -0.2) is 0 Å². The lowest BCUT2D eigenvalue weighted by Crippen LogP contribution is -2.09. The quantitative estimate of drug-likeness (QED) is 0.861. The molecule has 2 rings (SSSR count). The van der Waals surface area contributed by atoms with Crippen LogP contribution < -0.4 is 10.5 Å². The fourth-order valence-electron chi connectivity index (χ4n) is 1.47. The van der Waals surface area contributed by atoms with Crippen molar-refractivity contribution in [3.8, 4) is 5.75 Å². The number of thiophene rings is 1. The van der Waals surface area contributed by atoms with Gasteiger partial charge in [0.15, 0.2) is 0 Å². The molecule has 15 heavy (non-hydrogen) atoms. The maximum atomic E-state index is 6.14. The van der Waals surface area contributed by atoms with E-state index in [9.17, 15) is 0 Å². The molecule has 0 amide bonds. The summed E-state index contributed by atoms with van der Waals surface area (Å²) in [7, 11) is 1.66. The molecule has 0 aliphatic rings. The Morgan fingerprint density at radius 1 is 1.27 bits per heavy atom. The van der Waals surface area contributed by atoms with Crippen molar-refractivity contribution in [3.05, 3.63) is 52.2 Å². The van der Waals surface area contributed by atoms with Crippen LogP contribution in [0.25, 0.3) is 0 Å². The Labute approximate surface area is 93.3 Å². The van der Waals surface area contributed by atoms with Gasteiger partial charge in [0.05, 0.1) is 13.2 Å². The summed E-state index contributed by atoms with van der Waals surface area (Å²) in [4.78, 5) is 1.17. The van der Waals surface area contributed by atoms with E-state index in [4.69, 9.17) is 10.5 Å². The zero-order valence-electron chi connectivity index (χ0n) is 8.51. The van der Waals surface area contributed by atoms with Gasteiger partial charge in [-0.15, -0.1) is 11.3 Å². The first-order valence-electron chi connectivity index (χ1n) is 4.74. The molecule has 2 N–H and O–H groups in total. The molecule has 0 fully saturated rings. The minimum absolute atomic E-state index is 0.0555. The van der Waals surface area contributed by atoms with Crippen molar-refractivity contribution in [1.82, 2.24) is 0 Å². The average Bonchev–Trinajstić information content (AvgIpc) is 2.81. The predicted molar refractivity (Wildman–Crippen MR) is 63.3 cm³/mol. The van der Waals surface area contributed by atoms with Crippen LogP contribution in [0.15, 0.2) is 41.8 Å². The van der Waals surface area contributed by atoms with E-state index in [0.717, 1.165) is 11.3 Å². The molecule has 1 heterocycles. The topological polar surface area (TPSA) is 35.2 Å². The lowest BCUT2D eigenvalue weighted by molar-refractivity contribution is 0.414. The molecule has 0 spiro atoms. The third-order valence-electron chi connectivity index (χ3n) is 2.30. The van der Waals surface area contributed by atoms with E-state index in [2.05, 4.69) is 6.07 Å². The molecule has 0 bridgehead atoms. The van der Waals surface area contributed by atoms with E-state index in [1.54, 1.807) is 18.4 Å². The van der Waals surface area contributed by atoms with Crippen LogP contribution in [-0.4, -0.2) is 7.11 Å². The SMILES string of the molecule is COc1cccc(C(N)c2cccs2)c1. The highest BCUT2D eigenvalue weighted by atomic mass is 32.1. The minimum Gasteiger partial charge on any atom is -0.497 e. The number of hydrogen-bond donors (Lipinski definition) is 1. The lowest BCUT2D eigenvalue weighted by Gasteiger charge is -2.11. The molecule has 2 aromatic rings. The van der Waals surface area contributed by atoms with Crippen LogP contribution in [-0.2, 0) is 0 Å². The molecule has 0 aliphatic carbocycles. The van der Waals surface area contributed by atoms with Crippen LogP contribution in [0.4, 0.5) is 0 Å². The zero-order valence-corrected chi connectivity index (χ0v) is 9.33. The van der Waals surface area contributed by atoms with Crippen molar-refractivity contribution < 1.29 is 4.74 Å². The second-order valence-corrected chi connectivity index (χ2v) is 4.25. The third-order valence-corrected chi connectivity index (χ3v) is 3.26. The molecule has 0 radical (unpaired) electrons. The second-order valence-electron chi connectivity index (χ2n) is 3.27. The number of methoxy groups -OCH3 is 1. The monoisotopic (exact) mass is 219 g/mol. The highest BCUT2D eigenvalue weighted by molar-refractivity contribution is 7.10. The molecule has 1 unspecified atom stereocenters. The van der Waals surface area contributed by atoms with Crippen molar-refractivity contribution in [3.63, 3.8) is 0 Å². The van der Waals surface area contributed by atoms with Crippen molar-refractivity contribution in [1.29, 1.82) is 0 Å². The summed E-state index contributed by atoms with van der Waals surface area (Å²) in [6, 6.07) is 11.9. The van der Waals surface area contributed by atoms with Gasteiger partial charge < -0.3 is 10.5 Å². The smallest absolute Gasteiger partial charge is 0.119 e. The molecule has 0 aliphatic heterocycles. The van der Waals surface area contributed by atoms with Crippen LogP contribution in [0.1, 0.15) is 16.5 Å². The van der Waals surface area contributed by atoms with Crippen LogP contribution in [0.5, 0.6) is 5.75 Å². The van der Waals surface area contributed by atoms with Crippen molar-refractivity contribution in [2.45, 2.75) is 6.04 Å². The summed E-state index contributed by atoms with van der Waals surface area (Å²) in [6.07, 6.45) is 0. The fourth-order valence-corrected chi connectivity index (χ4v) is 2.22. The van der Waals surface area contributed by atoms with E-state index in [-0.39, 0.29) is 6.04 Å². The minimum atomic E-state index is -0.0555. The third kappa shape index (κ3) is 2.19. The molecule has 3 heteroatoms. The zero-order chi connectivity index (χ0) is 10.7. The summed E-state index contributed by atoms with van der Waals surface area (Å²) >= 11 is 1.67. The Bertz CT molecular complexity index is 425. The Hall–Kier alpha value is -1.32. The van der Waals surface area contributed by atoms with Gasteiger partial charge in [0.1, 0.15) is 5.75 Å². The molecule has 1 aromatic heterocycles. The Morgan fingerprint density at radius 3 is 2.80 bits per heavy atom. The standard InChI is InChI=1S/C12H13NOS/c1-14-10-5-2-4-9(8-10)12(13)11-6-3-7-15-11/h2-8,12H,13H2,1H3. The Morgan fingerprint density at radius 2 is 2.13 bits per heavy atom. The van der Waals surface area contributed by atoms with E-state index >= 15 is 0 Å². The van der Waals surface area contributed by atoms with Gasteiger partial charge in [-0.3, -0.25) is 0 Å². The van der Waals surface area contributed by atoms with Gasteiger partial charge in [0.25, 0.3) is 0 Å². The molecule has 78 valence electrons. The first-order chi connectivity index (χ1) is 7.31. The molecule has 1 aromatic carbocycles. The first-order valence-corrected chi connectivity index (χ1v) is 5.62. The summed E-state index contributed by atoms with van der Waals surface area (Å²) in [5.74, 6) is 0.847. The van der Waals surface area contributed by atoms with E-state index in [0.29, 0.717) is 0 Å². The normalized spacial score (nSPS) is 12.4.